The van der Waals surface area contributed by atoms with E-state index in [1.165, 1.54) is 35.5 Å². The van der Waals surface area contributed by atoms with Crippen molar-refractivity contribution >= 4 is 0 Å². The Labute approximate surface area is 54.6 Å². The third kappa shape index (κ3) is 0.149. The van der Waals surface area contributed by atoms with Crippen LogP contribution in [0.2, 0.25) is 0 Å². The van der Waals surface area contributed by atoms with E-state index in [0.29, 0.717) is 0 Å². The standard InChI is InChI=1S/C9H10/c1-3-4(1)8-7(3)9(8)5-2-6(5)9/h3-8H,1-2H2. The van der Waals surface area contributed by atoms with E-state index in [1.54, 1.807) is 12.8 Å². The fourth-order valence-corrected chi connectivity index (χ4v) is 4.69. The molecule has 0 aromatic rings. The van der Waals surface area contributed by atoms with Gasteiger partial charge in [0.05, 0.1) is 0 Å². The Hall–Kier alpha value is 0. The monoisotopic (exact) mass is 118 g/mol. The zero-order valence-corrected chi connectivity index (χ0v) is 5.38. The molecule has 0 radical (unpaired) electrons. The number of hydrogen-bond donors (Lipinski definition) is 0. The largest absolute Gasteiger partial charge is 0.0464 e. The highest BCUT2D eigenvalue weighted by Crippen LogP contribution is 3.04. The fraction of sp³-hybridized carbons (Fsp3) is 1.00. The second-order valence-electron chi connectivity index (χ2n) is 5.06. The van der Waals surface area contributed by atoms with Crippen LogP contribution in [0.25, 0.3) is 0 Å². The maximum atomic E-state index is 1.65. The molecule has 6 unspecified atom stereocenters. The van der Waals surface area contributed by atoms with E-state index in [-0.39, 0.29) is 0 Å². The van der Waals surface area contributed by atoms with E-state index in [2.05, 4.69) is 0 Å². The van der Waals surface area contributed by atoms with Gasteiger partial charge in [-0.05, 0) is 53.8 Å². The average molecular weight is 118 g/mol. The molecule has 5 aliphatic rings. The molecule has 0 aromatic heterocycles. The minimum absolute atomic E-state index is 1.10. The fourth-order valence-electron chi connectivity index (χ4n) is 4.69. The van der Waals surface area contributed by atoms with Gasteiger partial charge >= 0.3 is 0 Å². The summed E-state index contributed by atoms with van der Waals surface area (Å²) in [5, 5.41) is 0. The highest BCUT2D eigenvalue weighted by atomic mass is 15.0. The second kappa shape index (κ2) is 0.580. The van der Waals surface area contributed by atoms with Crippen LogP contribution < -0.4 is 0 Å². The van der Waals surface area contributed by atoms with Crippen LogP contribution in [0.15, 0.2) is 0 Å². The maximum Gasteiger partial charge on any atom is -0.0167 e. The van der Waals surface area contributed by atoms with Crippen LogP contribution in [-0.2, 0) is 0 Å². The van der Waals surface area contributed by atoms with Crippen molar-refractivity contribution in [1.29, 1.82) is 0 Å². The van der Waals surface area contributed by atoms with Crippen LogP contribution >= 0.6 is 0 Å². The van der Waals surface area contributed by atoms with E-state index in [4.69, 9.17) is 0 Å². The topological polar surface area (TPSA) is 0 Å². The molecule has 0 nitrogen and oxygen atoms in total. The third-order valence-electron chi connectivity index (χ3n) is 5.21. The minimum Gasteiger partial charge on any atom is -0.0464 e. The molecule has 0 aliphatic heterocycles. The average Bonchev–Trinajstić information content (AvgIpc) is 2.57. The molecule has 5 aliphatic carbocycles. The van der Waals surface area contributed by atoms with Crippen LogP contribution in [0.4, 0.5) is 0 Å². The Morgan fingerprint density at radius 1 is 0.889 bits per heavy atom. The van der Waals surface area contributed by atoms with Crippen LogP contribution in [0.1, 0.15) is 12.8 Å². The van der Waals surface area contributed by atoms with Crippen LogP contribution in [0, 0.1) is 40.9 Å². The number of hydrogen-bond acceptors (Lipinski definition) is 0. The molecule has 0 amide bonds. The second-order valence-corrected chi connectivity index (χ2v) is 5.06. The maximum absolute atomic E-state index is 1.65. The van der Waals surface area contributed by atoms with Crippen LogP contribution in [-0.4, -0.2) is 0 Å². The summed E-state index contributed by atoms with van der Waals surface area (Å²) in [5.41, 5.74) is 1.10. The van der Waals surface area contributed by atoms with Crippen molar-refractivity contribution in [3.05, 3.63) is 0 Å². The SMILES string of the molecule is C1C2C1C1C2C12C1CC12. The first-order chi connectivity index (χ1) is 4.45. The number of rotatable bonds is 0. The summed E-state index contributed by atoms with van der Waals surface area (Å²) >= 11 is 0. The summed E-state index contributed by atoms with van der Waals surface area (Å²) in [4.78, 5) is 0. The lowest BCUT2D eigenvalue weighted by atomic mass is 10.0. The van der Waals surface area contributed by atoms with Gasteiger partial charge in [0.1, 0.15) is 0 Å². The molecule has 5 saturated carbocycles. The van der Waals surface area contributed by atoms with Crippen molar-refractivity contribution in [2.45, 2.75) is 12.8 Å². The molecule has 5 fully saturated rings. The molecular weight excluding hydrogens is 108 g/mol. The Morgan fingerprint density at radius 2 is 1.56 bits per heavy atom. The quantitative estimate of drug-likeness (QED) is 0.452. The Kier molecular flexibility index (Phi) is 0.220. The van der Waals surface area contributed by atoms with Crippen molar-refractivity contribution in [2.24, 2.45) is 40.9 Å². The lowest BCUT2D eigenvalue weighted by Crippen LogP contribution is -2.00. The van der Waals surface area contributed by atoms with Crippen molar-refractivity contribution < 1.29 is 0 Å². The smallest absolute Gasteiger partial charge is 0.0167 e. The summed E-state index contributed by atoms with van der Waals surface area (Å²) in [6.07, 6.45) is 3.29. The molecule has 5 rings (SSSR count). The predicted octanol–water partition coefficient (Wildman–Crippen LogP) is 1.52. The summed E-state index contributed by atoms with van der Waals surface area (Å²) in [5.74, 6) is 7.85. The molecule has 0 N–H and O–H groups in total. The molecule has 0 heteroatoms. The normalized spacial score (nSPS) is 98.7. The first-order valence-corrected chi connectivity index (χ1v) is 4.45. The zero-order chi connectivity index (χ0) is 5.38. The summed E-state index contributed by atoms with van der Waals surface area (Å²) in [6, 6.07) is 0. The lowest BCUT2D eigenvalue weighted by molar-refractivity contribution is 0.434. The van der Waals surface area contributed by atoms with Gasteiger partial charge < -0.3 is 0 Å². The van der Waals surface area contributed by atoms with Crippen molar-refractivity contribution in [2.75, 3.05) is 0 Å². The molecule has 46 valence electrons. The van der Waals surface area contributed by atoms with Crippen molar-refractivity contribution in [3.8, 4) is 0 Å². The number of fused-ring (bicyclic) bond motifs is 9. The minimum atomic E-state index is 1.10. The van der Waals surface area contributed by atoms with E-state index in [9.17, 15) is 0 Å². The van der Waals surface area contributed by atoms with Gasteiger partial charge in [-0.25, -0.2) is 0 Å². The lowest BCUT2D eigenvalue weighted by Gasteiger charge is -2.03. The summed E-state index contributed by atoms with van der Waals surface area (Å²) in [7, 11) is 0. The first kappa shape index (κ1) is 3.41. The van der Waals surface area contributed by atoms with E-state index in [0.717, 1.165) is 5.41 Å². The van der Waals surface area contributed by atoms with Gasteiger partial charge in [-0.2, -0.15) is 0 Å². The van der Waals surface area contributed by atoms with Crippen LogP contribution in [0.5, 0.6) is 0 Å². The van der Waals surface area contributed by atoms with Crippen molar-refractivity contribution in [1.82, 2.24) is 0 Å². The molecule has 0 aromatic carbocycles. The van der Waals surface area contributed by atoms with Crippen molar-refractivity contribution in [3.63, 3.8) is 0 Å². The summed E-state index contributed by atoms with van der Waals surface area (Å²) < 4.78 is 0. The molecule has 0 saturated heterocycles. The molecule has 6 atom stereocenters. The van der Waals surface area contributed by atoms with Gasteiger partial charge in [0, 0.05) is 0 Å². The molecule has 0 bridgehead atoms. The van der Waals surface area contributed by atoms with E-state index >= 15 is 0 Å². The third-order valence-corrected chi connectivity index (χ3v) is 5.21. The van der Waals surface area contributed by atoms with Gasteiger partial charge in [-0.1, -0.05) is 0 Å². The predicted molar refractivity (Wildman–Crippen MR) is 32.6 cm³/mol. The van der Waals surface area contributed by atoms with Gasteiger partial charge in [-0.3, -0.25) is 0 Å². The highest BCUT2D eigenvalue weighted by Gasteiger charge is 3.00. The van der Waals surface area contributed by atoms with Gasteiger partial charge in [0.25, 0.3) is 0 Å². The Balaban J connectivity index is 1.75. The van der Waals surface area contributed by atoms with Gasteiger partial charge in [-0.15, -0.1) is 0 Å². The zero-order valence-electron chi connectivity index (χ0n) is 5.38. The van der Waals surface area contributed by atoms with E-state index < -0.39 is 0 Å². The molecule has 1 spiro atoms. The molecule has 9 heavy (non-hydrogen) atoms. The van der Waals surface area contributed by atoms with E-state index in [1.807, 2.05) is 0 Å². The molecule has 0 heterocycles. The Morgan fingerprint density at radius 3 is 1.89 bits per heavy atom. The molecular formula is C9H10. The Bertz CT molecular complexity index is 218. The summed E-state index contributed by atoms with van der Waals surface area (Å²) in [6.45, 7) is 0. The van der Waals surface area contributed by atoms with Crippen LogP contribution in [0.3, 0.4) is 0 Å². The first-order valence-electron chi connectivity index (χ1n) is 4.45. The van der Waals surface area contributed by atoms with Gasteiger partial charge in [0.2, 0.25) is 0 Å². The van der Waals surface area contributed by atoms with Gasteiger partial charge in [0.15, 0.2) is 0 Å². The highest BCUT2D eigenvalue weighted by molar-refractivity contribution is 5.47.